The number of amides is 4. The van der Waals surface area contributed by atoms with Crippen molar-refractivity contribution in [3.8, 4) is 22.8 Å². The minimum absolute atomic E-state index is 0.0599. The minimum atomic E-state index is -0.764. The lowest BCUT2D eigenvalue weighted by Crippen LogP contribution is -2.40. The maximum atomic E-state index is 14.9. The van der Waals surface area contributed by atoms with Crippen LogP contribution in [0.5, 0.6) is 11.5 Å². The summed E-state index contributed by atoms with van der Waals surface area (Å²) in [4.78, 5) is 32.3. The molecule has 0 unspecified atom stereocenters. The number of methoxy groups -OCH3 is 1. The van der Waals surface area contributed by atoms with Crippen LogP contribution in [0.25, 0.3) is 11.3 Å². The molecule has 2 aromatic heterocycles. The summed E-state index contributed by atoms with van der Waals surface area (Å²) >= 11 is 6.33. The molecule has 196 valence electrons. The van der Waals surface area contributed by atoms with Crippen LogP contribution < -0.4 is 10.1 Å². The third-order valence-corrected chi connectivity index (χ3v) is 6.39. The van der Waals surface area contributed by atoms with Gasteiger partial charge in [0.15, 0.2) is 5.82 Å². The largest absolute Gasteiger partial charge is 0.456 e. The zero-order valence-corrected chi connectivity index (χ0v) is 21.8. The van der Waals surface area contributed by atoms with E-state index in [1.165, 1.54) is 6.07 Å². The first-order chi connectivity index (χ1) is 17.6. The molecule has 1 aliphatic rings. The summed E-state index contributed by atoms with van der Waals surface area (Å²) in [6.07, 6.45) is 5.64. The van der Waals surface area contributed by atoms with Crippen molar-refractivity contribution in [3.63, 3.8) is 0 Å². The van der Waals surface area contributed by atoms with Gasteiger partial charge >= 0.3 is 12.1 Å². The molecule has 3 aromatic rings. The lowest BCUT2D eigenvalue weighted by molar-refractivity contribution is 0.0110. The summed E-state index contributed by atoms with van der Waals surface area (Å²) in [5.41, 5.74) is 0.859. The molecule has 0 spiro atoms. The summed E-state index contributed by atoms with van der Waals surface area (Å²) in [6.45, 7) is 4.86. The van der Waals surface area contributed by atoms with Crippen LogP contribution in [0.1, 0.15) is 20.3 Å². The number of carbonyl (C=O) groups is 2. The van der Waals surface area contributed by atoms with Crippen LogP contribution in [0.15, 0.2) is 42.9 Å². The Balaban J connectivity index is 1.41. The summed E-state index contributed by atoms with van der Waals surface area (Å²) in [7, 11) is 3.41. The number of nitrogens with zero attached hydrogens (tertiary/aromatic N) is 5. The molecule has 37 heavy (non-hydrogen) atoms. The van der Waals surface area contributed by atoms with E-state index in [1.807, 2.05) is 13.8 Å². The third kappa shape index (κ3) is 6.17. The number of rotatable bonds is 8. The van der Waals surface area contributed by atoms with Crippen LogP contribution in [-0.2, 0) is 11.8 Å². The molecule has 0 aliphatic carbocycles. The maximum Gasteiger partial charge on any atom is 0.330 e. The highest BCUT2D eigenvalue weighted by Gasteiger charge is 2.34. The number of aryl methyl sites for hydroxylation is 1. The predicted octanol–water partition coefficient (Wildman–Crippen LogP) is 5.15. The number of urea groups is 2. The summed E-state index contributed by atoms with van der Waals surface area (Å²) in [5.74, 6) is -0.310. The Morgan fingerprint density at radius 1 is 1.27 bits per heavy atom. The van der Waals surface area contributed by atoms with Gasteiger partial charge in [-0.05, 0) is 32.4 Å². The Kier molecular flexibility index (Phi) is 7.65. The first-order valence-corrected chi connectivity index (χ1v) is 12.0. The van der Waals surface area contributed by atoms with Gasteiger partial charge in [0.05, 0.1) is 28.2 Å². The van der Waals surface area contributed by atoms with Crippen molar-refractivity contribution in [3.05, 3.63) is 53.7 Å². The molecule has 4 amide bonds. The number of halogens is 2. The molecule has 12 heteroatoms. The second-order valence-electron chi connectivity index (χ2n) is 9.21. The highest BCUT2D eigenvalue weighted by molar-refractivity contribution is 6.32. The summed E-state index contributed by atoms with van der Waals surface area (Å²) < 4.78 is 27.7. The molecule has 1 saturated heterocycles. The highest BCUT2D eigenvalue weighted by atomic mass is 35.5. The van der Waals surface area contributed by atoms with Gasteiger partial charge in [0.1, 0.15) is 11.5 Å². The second kappa shape index (κ2) is 10.7. The van der Waals surface area contributed by atoms with Crippen LogP contribution in [0.4, 0.5) is 19.7 Å². The fourth-order valence-corrected chi connectivity index (χ4v) is 3.89. The van der Waals surface area contributed by atoms with E-state index in [1.54, 1.807) is 54.5 Å². The molecular formula is C25H28ClFN6O4. The molecule has 10 nitrogen and oxygen atoms in total. The van der Waals surface area contributed by atoms with E-state index >= 15 is 0 Å². The van der Waals surface area contributed by atoms with Crippen molar-refractivity contribution in [1.29, 1.82) is 0 Å². The van der Waals surface area contributed by atoms with E-state index in [4.69, 9.17) is 21.1 Å². The highest BCUT2D eigenvalue weighted by Crippen LogP contribution is 2.35. The van der Waals surface area contributed by atoms with Crippen LogP contribution in [0.3, 0.4) is 0 Å². The summed E-state index contributed by atoms with van der Waals surface area (Å²) in [6, 6.07) is 4.43. The monoisotopic (exact) mass is 530 g/mol. The Morgan fingerprint density at radius 3 is 2.76 bits per heavy atom. The average molecular weight is 531 g/mol. The molecule has 1 aromatic carbocycles. The van der Waals surface area contributed by atoms with Crippen LogP contribution in [0, 0.1) is 5.82 Å². The first kappa shape index (κ1) is 26.4. The van der Waals surface area contributed by atoms with Gasteiger partial charge in [-0.2, -0.15) is 5.10 Å². The van der Waals surface area contributed by atoms with Crippen molar-refractivity contribution < 1.29 is 23.5 Å². The number of ether oxygens (including phenoxy) is 2. The van der Waals surface area contributed by atoms with Gasteiger partial charge in [-0.15, -0.1) is 0 Å². The normalized spacial score (nSPS) is 13.8. The fourth-order valence-electron chi connectivity index (χ4n) is 3.68. The van der Waals surface area contributed by atoms with Crippen molar-refractivity contribution in [2.75, 3.05) is 32.1 Å². The lowest BCUT2D eigenvalue weighted by Gasteiger charge is -2.26. The van der Waals surface area contributed by atoms with E-state index in [0.29, 0.717) is 31.0 Å². The van der Waals surface area contributed by atoms with Gasteiger partial charge in [-0.1, -0.05) is 11.6 Å². The Morgan fingerprint density at radius 2 is 2.05 bits per heavy atom. The first-order valence-electron chi connectivity index (χ1n) is 11.6. The molecule has 0 bridgehead atoms. The quantitative estimate of drug-likeness (QED) is 0.432. The third-order valence-electron chi connectivity index (χ3n) is 6.10. The number of hydrogen-bond acceptors (Lipinski definition) is 6. The van der Waals surface area contributed by atoms with E-state index < -0.39 is 23.5 Å². The molecule has 1 N–H and O–H groups in total. The summed E-state index contributed by atoms with van der Waals surface area (Å²) in [5, 5.41) is 6.63. The number of benzene rings is 1. The van der Waals surface area contributed by atoms with Crippen molar-refractivity contribution >= 4 is 29.4 Å². The number of pyridine rings is 1. The Bertz CT molecular complexity index is 1310. The lowest BCUT2D eigenvalue weighted by atomic mass is 10.1. The zero-order valence-electron chi connectivity index (χ0n) is 21.0. The average Bonchev–Trinajstić information content (AvgIpc) is 3.46. The molecule has 0 radical (unpaired) electrons. The van der Waals surface area contributed by atoms with Gasteiger partial charge in [0.2, 0.25) is 0 Å². The fraction of sp³-hybridized carbons (Fsp3) is 0.360. The van der Waals surface area contributed by atoms with Crippen molar-refractivity contribution in [2.45, 2.75) is 25.9 Å². The number of hydrogen-bond donors (Lipinski definition) is 1. The van der Waals surface area contributed by atoms with E-state index in [-0.39, 0.29) is 23.0 Å². The SMILES string of the molecule is COC(C)(C)CCN1CCN(C(=O)Nc2cc(Cl)c(Oc3ccnc(-c4cnn(C)c4)c3)cc2F)C1=O. The molecule has 4 rings (SSSR count). The number of carbonyl (C=O) groups excluding carboxylic acids is 2. The Labute approximate surface area is 218 Å². The molecule has 0 atom stereocenters. The number of imide groups is 1. The molecule has 3 heterocycles. The predicted molar refractivity (Wildman–Crippen MR) is 136 cm³/mol. The molecular weight excluding hydrogens is 503 g/mol. The van der Waals surface area contributed by atoms with Crippen LogP contribution >= 0.6 is 11.6 Å². The topological polar surface area (TPSA) is 102 Å². The van der Waals surface area contributed by atoms with E-state index in [2.05, 4.69) is 15.4 Å². The zero-order chi connectivity index (χ0) is 26.7. The smallest absolute Gasteiger partial charge is 0.330 e. The van der Waals surface area contributed by atoms with E-state index in [0.717, 1.165) is 16.5 Å². The van der Waals surface area contributed by atoms with E-state index in [9.17, 15) is 14.0 Å². The van der Waals surface area contributed by atoms with Crippen LogP contribution in [0.2, 0.25) is 5.02 Å². The molecule has 1 aliphatic heterocycles. The number of nitrogens with one attached hydrogen (secondary N) is 1. The van der Waals surface area contributed by atoms with Gasteiger partial charge in [0, 0.05) is 63.9 Å². The Hall–Kier alpha value is -3.70. The van der Waals surface area contributed by atoms with Gasteiger partial charge in [-0.25, -0.2) is 18.9 Å². The standard InChI is InChI=1S/C25H28ClFN6O4/c1-25(2,36-4)6-8-32-9-10-33(24(32)35)23(34)30-21-12-18(26)22(13-19(21)27)37-17-5-7-28-20(11-17)16-14-29-31(3)15-16/h5,7,11-15H,6,8-10H2,1-4H3,(H,30,34). The van der Waals surface area contributed by atoms with Crippen LogP contribution in [-0.4, -0.2) is 69.0 Å². The van der Waals surface area contributed by atoms with Gasteiger partial charge < -0.3 is 19.7 Å². The van der Waals surface area contributed by atoms with Gasteiger partial charge in [-0.3, -0.25) is 9.67 Å². The number of aromatic nitrogens is 3. The maximum absolute atomic E-state index is 14.9. The van der Waals surface area contributed by atoms with Gasteiger partial charge in [0.25, 0.3) is 0 Å². The van der Waals surface area contributed by atoms with Crippen molar-refractivity contribution in [1.82, 2.24) is 24.6 Å². The van der Waals surface area contributed by atoms with Crippen molar-refractivity contribution in [2.24, 2.45) is 7.05 Å². The second-order valence-corrected chi connectivity index (χ2v) is 9.62. The number of anilines is 1. The molecule has 1 fully saturated rings. The molecule has 0 saturated carbocycles. The minimum Gasteiger partial charge on any atom is -0.456 e.